The minimum Gasteiger partial charge on any atom is -0.317 e. The van der Waals surface area contributed by atoms with Crippen molar-refractivity contribution >= 4 is 5.52 Å². The van der Waals surface area contributed by atoms with Gasteiger partial charge in [0, 0.05) is 12.1 Å². The van der Waals surface area contributed by atoms with Crippen LogP contribution in [0.4, 0.5) is 0 Å². The highest BCUT2D eigenvalue weighted by atomic mass is 15.0. The van der Waals surface area contributed by atoms with Gasteiger partial charge < -0.3 is 9.72 Å². The number of rotatable bonds is 1. The van der Waals surface area contributed by atoms with Crippen molar-refractivity contribution in [1.29, 1.82) is 0 Å². The topological polar surface area (TPSA) is 29.3 Å². The molecular weight excluding hydrogens is 210 g/mol. The summed E-state index contributed by atoms with van der Waals surface area (Å²) < 4.78 is 2.23. The van der Waals surface area contributed by atoms with Crippen LogP contribution in [-0.2, 0) is 0 Å². The molecule has 0 spiro atoms. The Morgan fingerprint density at radius 3 is 2.76 bits per heavy atom. The van der Waals surface area contributed by atoms with Crippen molar-refractivity contribution in [3.05, 3.63) is 35.4 Å². The van der Waals surface area contributed by atoms with E-state index in [0.717, 1.165) is 18.9 Å². The predicted octanol–water partition coefficient (Wildman–Crippen LogP) is 2.42. The molecule has 1 N–H and O–H groups in total. The Balaban J connectivity index is 2.10. The lowest BCUT2D eigenvalue weighted by Gasteiger charge is -2.21. The SMILES string of the molecule is Cc1ccc2c(C3CCNCC3)nc(C)n2c1. The number of pyridine rings is 1. The summed E-state index contributed by atoms with van der Waals surface area (Å²) in [5.74, 6) is 1.74. The standard InChI is InChI=1S/C14H19N3/c1-10-3-4-13-14(12-5-7-15-8-6-12)16-11(2)17(13)9-10/h3-4,9,12,15H,5-8H2,1-2H3. The zero-order valence-electron chi connectivity index (χ0n) is 10.5. The molecular formula is C14H19N3. The van der Waals surface area contributed by atoms with Crippen LogP contribution in [0.3, 0.4) is 0 Å². The molecule has 1 aliphatic rings. The summed E-state index contributed by atoms with van der Waals surface area (Å²) >= 11 is 0. The molecule has 3 heterocycles. The van der Waals surface area contributed by atoms with E-state index in [-0.39, 0.29) is 0 Å². The summed E-state index contributed by atoms with van der Waals surface area (Å²) in [5.41, 5.74) is 3.87. The molecule has 3 rings (SSSR count). The van der Waals surface area contributed by atoms with Crippen molar-refractivity contribution in [3.63, 3.8) is 0 Å². The van der Waals surface area contributed by atoms with Gasteiger partial charge in [-0.2, -0.15) is 0 Å². The summed E-state index contributed by atoms with van der Waals surface area (Å²) in [6.07, 6.45) is 4.60. The third-order valence-electron chi connectivity index (χ3n) is 3.72. The Kier molecular flexibility index (Phi) is 2.63. The number of hydrogen-bond acceptors (Lipinski definition) is 2. The van der Waals surface area contributed by atoms with Gasteiger partial charge in [-0.25, -0.2) is 4.98 Å². The van der Waals surface area contributed by atoms with Crippen LogP contribution in [0, 0.1) is 13.8 Å². The van der Waals surface area contributed by atoms with Crippen molar-refractivity contribution < 1.29 is 0 Å². The Labute approximate surface area is 102 Å². The molecule has 0 aromatic carbocycles. The van der Waals surface area contributed by atoms with Gasteiger partial charge in [0.2, 0.25) is 0 Å². The summed E-state index contributed by atoms with van der Waals surface area (Å²) in [7, 11) is 0. The molecule has 3 nitrogen and oxygen atoms in total. The fourth-order valence-corrected chi connectivity index (χ4v) is 2.76. The van der Waals surface area contributed by atoms with Crippen molar-refractivity contribution in [3.8, 4) is 0 Å². The van der Waals surface area contributed by atoms with E-state index >= 15 is 0 Å². The fraction of sp³-hybridized carbons (Fsp3) is 0.500. The molecule has 0 bridgehead atoms. The van der Waals surface area contributed by atoms with Crippen LogP contribution < -0.4 is 5.32 Å². The van der Waals surface area contributed by atoms with Crippen LogP contribution in [-0.4, -0.2) is 22.5 Å². The molecule has 2 aromatic heterocycles. The summed E-state index contributed by atoms with van der Waals surface area (Å²) in [4.78, 5) is 4.79. The average Bonchev–Trinajstić information content (AvgIpc) is 2.68. The Bertz CT molecular complexity index is 536. The zero-order chi connectivity index (χ0) is 11.8. The highest BCUT2D eigenvalue weighted by Gasteiger charge is 2.20. The molecule has 0 radical (unpaired) electrons. The van der Waals surface area contributed by atoms with E-state index in [9.17, 15) is 0 Å². The van der Waals surface area contributed by atoms with Crippen molar-refractivity contribution in [2.45, 2.75) is 32.6 Å². The number of nitrogens with one attached hydrogen (secondary N) is 1. The largest absolute Gasteiger partial charge is 0.317 e. The van der Waals surface area contributed by atoms with Gasteiger partial charge in [-0.1, -0.05) is 6.07 Å². The first-order valence-corrected chi connectivity index (χ1v) is 6.41. The second-order valence-electron chi connectivity index (χ2n) is 5.03. The number of imidazole rings is 1. The minimum atomic E-state index is 0.627. The van der Waals surface area contributed by atoms with Gasteiger partial charge in [-0.15, -0.1) is 0 Å². The first kappa shape index (κ1) is 10.8. The van der Waals surface area contributed by atoms with Gasteiger partial charge in [0.05, 0.1) is 11.2 Å². The van der Waals surface area contributed by atoms with Gasteiger partial charge >= 0.3 is 0 Å². The maximum Gasteiger partial charge on any atom is 0.110 e. The third kappa shape index (κ3) is 1.84. The molecule has 90 valence electrons. The van der Waals surface area contributed by atoms with Crippen LogP contribution in [0.1, 0.15) is 35.8 Å². The minimum absolute atomic E-state index is 0.627. The molecule has 1 saturated heterocycles. The molecule has 1 fully saturated rings. The molecule has 3 heteroatoms. The normalized spacial score (nSPS) is 17.8. The first-order valence-electron chi connectivity index (χ1n) is 6.41. The van der Waals surface area contributed by atoms with E-state index in [4.69, 9.17) is 4.98 Å². The van der Waals surface area contributed by atoms with Gasteiger partial charge in [-0.05, 0) is 51.4 Å². The quantitative estimate of drug-likeness (QED) is 0.813. The van der Waals surface area contributed by atoms with Crippen molar-refractivity contribution in [2.24, 2.45) is 0 Å². The van der Waals surface area contributed by atoms with Crippen molar-refractivity contribution in [1.82, 2.24) is 14.7 Å². The Morgan fingerprint density at radius 2 is 2.00 bits per heavy atom. The highest BCUT2D eigenvalue weighted by molar-refractivity contribution is 5.55. The van der Waals surface area contributed by atoms with Crippen LogP contribution in [0.5, 0.6) is 0 Å². The van der Waals surface area contributed by atoms with Crippen LogP contribution >= 0.6 is 0 Å². The van der Waals surface area contributed by atoms with E-state index in [1.165, 1.54) is 29.6 Å². The number of aryl methyl sites for hydroxylation is 2. The van der Waals surface area contributed by atoms with Gasteiger partial charge in [0.15, 0.2) is 0 Å². The molecule has 1 aliphatic heterocycles. The highest BCUT2D eigenvalue weighted by Crippen LogP contribution is 2.28. The number of fused-ring (bicyclic) bond motifs is 1. The Hall–Kier alpha value is -1.35. The average molecular weight is 229 g/mol. The zero-order valence-corrected chi connectivity index (χ0v) is 10.5. The monoisotopic (exact) mass is 229 g/mol. The van der Waals surface area contributed by atoms with E-state index in [1.54, 1.807) is 0 Å². The fourth-order valence-electron chi connectivity index (χ4n) is 2.76. The van der Waals surface area contributed by atoms with Gasteiger partial charge in [0.1, 0.15) is 5.82 Å². The number of hydrogen-bond donors (Lipinski definition) is 1. The maximum atomic E-state index is 4.79. The summed E-state index contributed by atoms with van der Waals surface area (Å²) in [6, 6.07) is 4.40. The third-order valence-corrected chi connectivity index (χ3v) is 3.72. The molecule has 0 amide bonds. The Morgan fingerprint density at radius 1 is 1.24 bits per heavy atom. The molecule has 17 heavy (non-hydrogen) atoms. The van der Waals surface area contributed by atoms with Crippen LogP contribution in [0.2, 0.25) is 0 Å². The number of nitrogens with zero attached hydrogens (tertiary/aromatic N) is 2. The van der Waals surface area contributed by atoms with E-state index in [0.29, 0.717) is 5.92 Å². The van der Waals surface area contributed by atoms with Crippen molar-refractivity contribution in [2.75, 3.05) is 13.1 Å². The molecule has 2 aromatic rings. The predicted molar refractivity (Wildman–Crippen MR) is 69.5 cm³/mol. The van der Waals surface area contributed by atoms with E-state index < -0.39 is 0 Å². The molecule has 0 unspecified atom stereocenters. The lowest BCUT2D eigenvalue weighted by molar-refractivity contribution is 0.456. The van der Waals surface area contributed by atoms with E-state index in [2.05, 4.69) is 41.9 Å². The van der Waals surface area contributed by atoms with Gasteiger partial charge in [-0.3, -0.25) is 0 Å². The molecule has 0 atom stereocenters. The van der Waals surface area contributed by atoms with Crippen LogP contribution in [0.15, 0.2) is 18.3 Å². The van der Waals surface area contributed by atoms with Gasteiger partial charge in [0.25, 0.3) is 0 Å². The summed E-state index contributed by atoms with van der Waals surface area (Å²) in [6.45, 7) is 6.46. The summed E-state index contributed by atoms with van der Waals surface area (Å²) in [5, 5.41) is 3.41. The smallest absolute Gasteiger partial charge is 0.110 e. The lowest BCUT2D eigenvalue weighted by atomic mass is 9.94. The first-order chi connectivity index (χ1) is 8.25. The maximum absolute atomic E-state index is 4.79. The number of piperidine rings is 1. The number of aromatic nitrogens is 2. The molecule has 0 saturated carbocycles. The lowest BCUT2D eigenvalue weighted by Crippen LogP contribution is -2.26. The molecule has 0 aliphatic carbocycles. The van der Waals surface area contributed by atoms with E-state index in [1.807, 2.05) is 0 Å². The second kappa shape index (κ2) is 4.15. The van der Waals surface area contributed by atoms with Crippen LogP contribution in [0.25, 0.3) is 5.52 Å². The second-order valence-corrected chi connectivity index (χ2v) is 5.03.